The van der Waals surface area contributed by atoms with Crippen molar-refractivity contribution in [1.29, 1.82) is 0 Å². The van der Waals surface area contributed by atoms with Crippen LogP contribution in [0.25, 0.3) is 0 Å². The van der Waals surface area contributed by atoms with Gasteiger partial charge in [0.25, 0.3) is 0 Å². The maximum absolute atomic E-state index is 12.6. The fourth-order valence-electron chi connectivity index (χ4n) is 1.62. The van der Waals surface area contributed by atoms with E-state index in [-0.39, 0.29) is 12.0 Å². The molecule has 1 atom stereocenters. The van der Waals surface area contributed by atoms with Gasteiger partial charge in [0, 0.05) is 22.0 Å². The highest BCUT2D eigenvalue weighted by atomic mass is 79.9. The summed E-state index contributed by atoms with van der Waals surface area (Å²) >= 11 is 6.73. The highest BCUT2D eigenvalue weighted by molar-refractivity contribution is 9.11. The Bertz CT molecular complexity index is 570. The van der Waals surface area contributed by atoms with E-state index >= 15 is 0 Å². The van der Waals surface area contributed by atoms with Crippen LogP contribution in [0.4, 0.5) is 0 Å². The van der Waals surface area contributed by atoms with Crippen molar-refractivity contribution >= 4 is 41.9 Å². The molecule has 0 saturated heterocycles. The molecule has 1 aromatic carbocycles. The molecule has 0 radical (unpaired) electrons. The van der Waals surface area contributed by atoms with Crippen molar-refractivity contribution in [3.05, 3.63) is 26.6 Å². The van der Waals surface area contributed by atoms with E-state index in [0.717, 1.165) is 10.0 Å². The zero-order valence-corrected chi connectivity index (χ0v) is 15.7. The molecule has 0 spiro atoms. The molecule has 1 rings (SSSR count). The molecule has 0 amide bonds. The Kier molecular flexibility index (Phi) is 5.63. The summed E-state index contributed by atoms with van der Waals surface area (Å²) in [7, 11) is -1.87. The van der Waals surface area contributed by atoms with Gasteiger partial charge in [0.1, 0.15) is 0 Å². The van der Waals surface area contributed by atoms with Gasteiger partial charge in [0.15, 0.2) is 0 Å². The molecule has 0 aromatic heterocycles. The van der Waals surface area contributed by atoms with Crippen LogP contribution in [0.15, 0.2) is 26.0 Å². The molecule has 3 nitrogen and oxygen atoms in total. The Balaban J connectivity index is 3.32. The van der Waals surface area contributed by atoms with E-state index in [4.69, 9.17) is 0 Å². The first-order chi connectivity index (χ1) is 8.59. The Morgan fingerprint density at radius 3 is 2.11 bits per heavy atom. The number of hydrogen-bond acceptors (Lipinski definition) is 2. The van der Waals surface area contributed by atoms with Crippen LogP contribution in [0, 0.1) is 12.8 Å². The smallest absolute Gasteiger partial charge is 0.207 e. The average molecular weight is 413 g/mol. The van der Waals surface area contributed by atoms with Gasteiger partial charge in [0.2, 0.25) is 10.0 Å². The third kappa shape index (κ3) is 3.60. The largest absolute Gasteiger partial charge is 0.244 e. The number of hydrogen-bond donors (Lipinski definition) is 0. The van der Waals surface area contributed by atoms with E-state index in [1.165, 1.54) is 4.31 Å². The minimum absolute atomic E-state index is 0.0584. The van der Waals surface area contributed by atoms with Crippen LogP contribution in [0.5, 0.6) is 0 Å². The first-order valence-corrected chi connectivity index (χ1v) is 9.05. The quantitative estimate of drug-likeness (QED) is 0.743. The second-order valence-corrected chi connectivity index (χ2v) is 8.71. The minimum Gasteiger partial charge on any atom is -0.207 e. The van der Waals surface area contributed by atoms with Gasteiger partial charge in [-0.2, -0.15) is 4.31 Å². The van der Waals surface area contributed by atoms with E-state index in [2.05, 4.69) is 31.9 Å². The summed E-state index contributed by atoms with van der Waals surface area (Å²) in [4.78, 5) is 0.292. The van der Waals surface area contributed by atoms with Crippen molar-refractivity contribution in [2.24, 2.45) is 5.92 Å². The van der Waals surface area contributed by atoms with Crippen LogP contribution >= 0.6 is 31.9 Å². The molecular weight excluding hydrogens is 394 g/mol. The van der Waals surface area contributed by atoms with Crippen molar-refractivity contribution in [2.45, 2.75) is 38.6 Å². The molecule has 0 N–H and O–H groups in total. The zero-order chi connectivity index (χ0) is 15.0. The molecule has 0 bridgehead atoms. The first-order valence-electron chi connectivity index (χ1n) is 6.02. The van der Waals surface area contributed by atoms with Crippen LogP contribution < -0.4 is 0 Å². The number of benzene rings is 1. The van der Waals surface area contributed by atoms with Gasteiger partial charge >= 0.3 is 0 Å². The summed E-state index contributed by atoms with van der Waals surface area (Å²) in [6.07, 6.45) is 0. The summed E-state index contributed by atoms with van der Waals surface area (Å²) in [5.74, 6) is 0.257. The molecule has 6 heteroatoms. The zero-order valence-electron chi connectivity index (χ0n) is 11.7. The van der Waals surface area contributed by atoms with Gasteiger partial charge in [0.05, 0.1) is 4.90 Å². The van der Waals surface area contributed by atoms with Gasteiger partial charge < -0.3 is 0 Å². The van der Waals surface area contributed by atoms with E-state index < -0.39 is 10.0 Å². The highest BCUT2D eigenvalue weighted by Gasteiger charge is 2.29. The third-order valence-electron chi connectivity index (χ3n) is 3.41. The summed E-state index contributed by atoms with van der Waals surface area (Å²) in [6.45, 7) is 7.86. The summed E-state index contributed by atoms with van der Waals surface area (Å²) in [6, 6.07) is 3.40. The predicted octanol–water partition coefficient (Wildman–Crippen LogP) is 4.19. The minimum atomic E-state index is -3.50. The molecule has 0 heterocycles. The van der Waals surface area contributed by atoms with Gasteiger partial charge in [-0.25, -0.2) is 8.42 Å². The maximum atomic E-state index is 12.6. The van der Waals surface area contributed by atoms with E-state index in [9.17, 15) is 8.42 Å². The molecule has 19 heavy (non-hydrogen) atoms. The molecule has 1 unspecified atom stereocenters. The Hall–Kier alpha value is 0.0900. The van der Waals surface area contributed by atoms with Crippen molar-refractivity contribution in [3.8, 4) is 0 Å². The van der Waals surface area contributed by atoms with E-state index in [1.54, 1.807) is 13.1 Å². The fourth-order valence-corrected chi connectivity index (χ4v) is 4.75. The van der Waals surface area contributed by atoms with Gasteiger partial charge in [-0.1, -0.05) is 29.8 Å². The number of nitrogens with zero attached hydrogens (tertiary/aromatic N) is 1. The molecule has 0 aliphatic heterocycles. The standard InChI is InChI=1S/C13H19Br2NO2S/c1-8(2)10(4)16(5)19(17,18)13-7-11(14)9(3)6-12(13)15/h6-8,10H,1-5H3. The summed E-state index contributed by atoms with van der Waals surface area (Å²) < 4.78 is 28.1. The number of halogens is 2. The lowest BCUT2D eigenvalue weighted by Gasteiger charge is -2.27. The predicted molar refractivity (Wildman–Crippen MR) is 85.8 cm³/mol. The second-order valence-electron chi connectivity index (χ2n) is 5.04. The molecule has 1 aromatic rings. The average Bonchev–Trinajstić information content (AvgIpc) is 2.31. The van der Waals surface area contributed by atoms with Crippen molar-refractivity contribution in [2.75, 3.05) is 7.05 Å². The monoisotopic (exact) mass is 411 g/mol. The topological polar surface area (TPSA) is 37.4 Å². The lowest BCUT2D eigenvalue weighted by molar-refractivity contribution is 0.315. The number of rotatable bonds is 4. The lowest BCUT2D eigenvalue weighted by atomic mass is 10.1. The molecule has 0 fully saturated rings. The Labute approximate surface area is 132 Å². The van der Waals surface area contributed by atoms with Gasteiger partial charge in [-0.05, 0) is 53.4 Å². The van der Waals surface area contributed by atoms with Crippen molar-refractivity contribution in [1.82, 2.24) is 4.31 Å². The third-order valence-corrected chi connectivity index (χ3v) is 7.17. The first kappa shape index (κ1) is 17.1. The van der Waals surface area contributed by atoms with Gasteiger partial charge in [-0.3, -0.25) is 0 Å². The number of sulfonamides is 1. The van der Waals surface area contributed by atoms with Crippen molar-refractivity contribution < 1.29 is 8.42 Å². The second kappa shape index (κ2) is 6.24. The van der Waals surface area contributed by atoms with E-state index in [0.29, 0.717) is 9.37 Å². The highest BCUT2D eigenvalue weighted by Crippen LogP contribution is 2.31. The maximum Gasteiger partial charge on any atom is 0.244 e. The molecule has 0 saturated carbocycles. The van der Waals surface area contributed by atoms with Crippen LogP contribution in [0.2, 0.25) is 0 Å². The molecule has 0 aliphatic rings. The van der Waals surface area contributed by atoms with Gasteiger partial charge in [-0.15, -0.1) is 0 Å². The van der Waals surface area contributed by atoms with Crippen LogP contribution in [-0.2, 0) is 10.0 Å². The Morgan fingerprint density at radius 1 is 1.11 bits per heavy atom. The molecule has 0 aliphatic carbocycles. The Morgan fingerprint density at radius 2 is 1.63 bits per heavy atom. The van der Waals surface area contributed by atoms with Crippen LogP contribution in [0.1, 0.15) is 26.3 Å². The normalized spacial score (nSPS) is 14.2. The van der Waals surface area contributed by atoms with Crippen LogP contribution in [-0.4, -0.2) is 25.8 Å². The lowest BCUT2D eigenvalue weighted by Crippen LogP contribution is -2.38. The molecular formula is C13H19Br2NO2S. The molecule has 108 valence electrons. The van der Waals surface area contributed by atoms with E-state index in [1.807, 2.05) is 33.8 Å². The SMILES string of the molecule is Cc1cc(Br)c(S(=O)(=O)N(C)C(C)C(C)C)cc1Br. The van der Waals surface area contributed by atoms with Crippen molar-refractivity contribution in [3.63, 3.8) is 0 Å². The summed E-state index contributed by atoms with van der Waals surface area (Å²) in [5, 5.41) is 0. The van der Waals surface area contributed by atoms with Crippen LogP contribution in [0.3, 0.4) is 0 Å². The number of aryl methyl sites for hydroxylation is 1. The fraction of sp³-hybridized carbons (Fsp3) is 0.538. The summed E-state index contributed by atoms with van der Waals surface area (Å²) in [5.41, 5.74) is 0.991.